The Morgan fingerprint density at radius 2 is 1.95 bits per heavy atom. The maximum atomic E-state index is 12.1. The van der Waals surface area contributed by atoms with Gasteiger partial charge in [-0.3, -0.25) is 0 Å². The van der Waals surface area contributed by atoms with Crippen molar-refractivity contribution in [2.45, 2.75) is 19.9 Å². The van der Waals surface area contributed by atoms with E-state index in [0.717, 1.165) is 4.57 Å². The summed E-state index contributed by atoms with van der Waals surface area (Å²) in [5, 5.41) is 11.4. The Balaban J connectivity index is 2.39. The Labute approximate surface area is 113 Å². The summed E-state index contributed by atoms with van der Waals surface area (Å²) in [7, 11) is 0. The zero-order chi connectivity index (χ0) is 14.9. The predicted octanol–water partition coefficient (Wildman–Crippen LogP) is 1.26. The van der Waals surface area contributed by atoms with E-state index >= 15 is 0 Å². The smallest absolute Gasteiger partial charge is 0.428 e. The van der Waals surface area contributed by atoms with E-state index in [4.69, 9.17) is 9.52 Å². The number of carbonyl (C=O) groups excluding carboxylic acids is 1. The molecule has 0 spiro atoms. The van der Waals surface area contributed by atoms with Gasteiger partial charge in [0.05, 0.1) is 5.52 Å². The van der Waals surface area contributed by atoms with Crippen molar-refractivity contribution in [1.29, 1.82) is 0 Å². The largest absolute Gasteiger partial charge is 0.480 e. The van der Waals surface area contributed by atoms with Crippen LogP contribution in [0.5, 0.6) is 0 Å². The molecular formula is C13H14N2O5. The molecule has 1 aromatic carbocycles. The van der Waals surface area contributed by atoms with Crippen LogP contribution in [0.2, 0.25) is 0 Å². The Kier molecular flexibility index (Phi) is 3.60. The number of amides is 1. The van der Waals surface area contributed by atoms with E-state index in [1.807, 2.05) is 0 Å². The van der Waals surface area contributed by atoms with Crippen LogP contribution in [0.1, 0.15) is 13.8 Å². The van der Waals surface area contributed by atoms with Crippen LogP contribution in [0.15, 0.2) is 33.5 Å². The number of hydrogen-bond donors (Lipinski definition) is 2. The van der Waals surface area contributed by atoms with E-state index in [-0.39, 0.29) is 11.5 Å². The van der Waals surface area contributed by atoms with E-state index in [0.29, 0.717) is 5.52 Å². The van der Waals surface area contributed by atoms with Crippen LogP contribution in [0.3, 0.4) is 0 Å². The Morgan fingerprint density at radius 3 is 2.55 bits per heavy atom. The molecule has 7 nitrogen and oxygen atoms in total. The van der Waals surface area contributed by atoms with Crippen molar-refractivity contribution in [2.24, 2.45) is 5.92 Å². The summed E-state index contributed by atoms with van der Waals surface area (Å²) in [5.74, 6) is -2.32. The van der Waals surface area contributed by atoms with Crippen molar-refractivity contribution in [2.75, 3.05) is 0 Å². The summed E-state index contributed by atoms with van der Waals surface area (Å²) < 4.78 is 5.71. The summed E-state index contributed by atoms with van der Waals surface area (Å²) >= 11 is 0. The number of nitrogens with zero attached hydrogens (tertiary/aromatic N) is 1. The van der Waals surface area contributed by atoms with Gasteiger partial charge in [-0.1, -0.05) is 26.0 Å². The number of aromatic nitrogens is 1. The number of rotatable bonds is 3. The molecule has 1 amide bonds. The molecule has 1 aromatic heterocycles. The fourth-order valence-corrected chi connectivity index (χ4v) is 1.87. The van der Waals surface area contributed by atoms with Crippen molar-refractivity contribution in [3.63, 3.8) is 0 Å². The fraction of sp³-hybridized carbons (Fsp3) is 0.308. The molecule has 20 heavy (non-hydrogen) atoms. The van der Waals surface area contributed by atoms with Crippen molar-refractivity contribution >= 4 is 23.1 Å². The molecule has 0 saturated carbocycles. The van der Waals surface area contributed by atoms with Gasteiger partial charge in [-0.15, -0.1) is 0 Å². The minimum absolute atomic E-state index is 0.268. The third-order valence-electron chi connectivity index (χ3n) is 2.90. The number of carboxylic acid groups (broad SMARTS) is 1. The third kappa shape index (κ3) is 2.42. The second-order valence-corrected chi connectivity index (χ2v) is 4.68. The fourth-order valence-electron chi connectivity index (χ4n) is 1.87. The molecule has 1 unspecified atom stereocenters. The highest BCUT2D eigenvalue weighted by atomic mass is 16.4. The molecule has 0 radical (unpaired) electrons. The van der Waals surface area contributed by atoms with Crippen molar-refractivity contribution < 1.29 is 19.1 Å². The average Bonchev–Trinajstić information content (AvgIpc) is 2.70. The van der Waals surface area contributed by atoms with E-state index in [2.05, 4.69) is 5.32 Å². The molecule has 2 rings (SSSR count). The summed E-state index contributed by atoms with van der Waals surface area (Å²) in [6.07, 6.45) is 0. The van der Waals surface area contributed by atoms with Gasteiger partial charge in [0.25, 0.3) is 0 Å². The second kappa shape index (κ2) is 5.20. The van der Waals surface area contributed by atoms with Crippen LogP contribution in [-0.4, -0.2) is 27.7 Å². The summed E-state index contributed by atoms with van der Waals surface area (Å²) in [6, 6.07) is 4.52. The molecule has 0 fully saturated rings. The molecule has 1 heterocycles. The number of para-hydroxylation sites is 2. The zero-order valence-corrected chi connectivity index (χ0v) is 11.0. The minimum atomic E-state index is -1.16. The van der Waals surface area contributed by atoms with Gasteiger partial charge >= 0.3 is 17.8 Å². The molecule has 0 aliphatic heterocycles. The topological polar surface area (TPSA) is 102 Å². The SMILES string of the molecule is CC(C)C(NC(=O)n1c(=O)oc2ccccc21)C(=O)O. The molecular weight excluding hydrogens is 264 g/mol. The van der Waals surface area contributed by atoms with Gasteiger partial charge in [-0.2, -0.15) is 4.57 Å². The van der Waals surface area contributed by atoms with Gasteiger partial charge in [0, 0.05) is 0 Å². The lowest BCUT2D eigenvalue weighted by molar-refractivity contribution is -0.140. The number of carboxylic acids is 1. The molecule has 7 heteroatoms. The van der Waals surface area contributed by atoms with Gasteiger partial charge in [0.1, 0.15) is 6.04 Å². The highest BCUT2D eigenvalue weighted by Gasteiger charge is 2.26. The van der Waals surface area contributed by atoms with E-state index < -0.39 is 23.8 Å². The number of benzene rings is 1. The Morgan fingerprint density at radius 1 is 1.30 bits per heavy atom. The van der Waals surface area contributed by atoms with Crippen molar-refractivity contribution in [3.05, 3.63) is 34.8 Å². The molecule has 2 N–H and O–H groups in total. The number of oxazole rings is 1. The second-order valence-electron chi connectivity index (χ2n) is 4.68. The standard InChI is InChI=1S/C13H14N2O5/c1-7(2)10(11(16)17)14-12(18)15-8-5-3-4-6-9(8)20-13(15)19/h3-7,10H,1-2H3,(H,14,18)(H,16,17). The van der Waals surface area contributed by atoms with Gasteiger partial charge in [-0.25, -0.2) is 14.4 Å². The van der Waals surface area contributed by atoms with Crippen molar-refractivity contribution in [1.82, 2.24) is 9.88 Å². The number of carbonyl (C=O) groups is 2. The maximum Gasteiger partial charge on any atom is 0.428 e. The first-order valence-corrected chi connectivity index (χ1v) is 6.06. The van der Waals surface area contributed by atoms with Crippen LogP contribution < -0.4 is 11.1 Å². The van der Waals surface area contributed by atoms with Crippen molar-refractivity contribution in [3.8, 4) is 0 Å². The third-order valence-corrected chi connectivity index (χ3v) is 2.90. The average molecular weight is 278 g/mol. The van der Waals surface area contributed by atoms with Gasteiger partial charge in [-0.05, 0) is 18.1 Å². The molecule has 0 saturated heterocycles. The summed E-state index contributed by atoms with van der Waals surface area (Å²) in [6.45, 7) is 3.32. The van der Waals surface area contributed by atoms with Crippen LogP contribution in [0.25, 0.3) is 11.1 Å². The molecule has 2 aromatic rings. The van der Waals surface area contributed by atoms with Crippen LogP contribution >= 0.6 is 0 Å². The molecule has 0 aliphatic carbocycles. The first-order chi connectivity index (χ1) is 9.41. The van der Waals surface area contributed by atoms with E-state index in [9.17, 15) is 14.4 Å². The normalized spacial score (nSPS) is 12.6. The predicted molar refractivity (Wildman–Crippen MR) is 70.7 cm³/mol. The Hall–Kier alpha value is -2.57. The zero-order valence-electron chi connectivity index (χ0n) is 11.0. The lowest BCUT2D eigenvalue weighted by atomic mass is 10.1. The molecule has 0 bridgehead atoms. The van der Waals surface area contributed by atoms with Crippen LogP contribution in [0, 0.1) is 5.92 Å². The molecule has 0 aliphatic rings. The Bertz CT molecular complexity index is 713. The van der Waals surface area contributed by atoms with Crippen LogP contribution in [-0.2, 0) is 4.79 Å². The highest BCUT2D eigenvalue weighted by Crippen LogP contribution is 2.11. The lowest BCUT2D eigenvalue weighted by Gasteiger charge is -2.17. The van der Waals surface area contributed by atoms with Gasteiger partial charge in [0.2, 0.25) is 0 Å². The summed E-state index contributed by atoms with van der Waals surface area (Å²) in [5.41, 5.74) is 0.562. The quantitative estimate of drug-likeness (QED) is 0.880. The lowest BCUT2D eigenvalue weighted by Crippen LogP contribution is -2.47. The highest BCUT2D eigenvalue weighted by molar-refractivity contribution is 5.90. The van der Waals surface area contributed by atoms with E-state index in [1.54, 1.807) is 38.1 Å². The van der Waals surface area contributed by atoms with Crippen LogP contribution in [0.4, 0.5) is 4.79 Å². The monoisotopic (exact) mass is 278 g/mol. The first kappa shape index (κ1) is 13.9. The number of nitrogens with one attached hydrogen (secondary N) is 1. The first-order valence-electron chi connectivity index (χ1n) is 6.06. The maximum absolute atomic E-state index is 12.1. The number of aliphatic carboxylic acids is 1. The number of hydrogen-bond acceptors (Lipinski definition) is 4. The minimum Gasteiger partial charge on any atom is -0.480 e. The number of fused-ring (bicyclic) bond motifs is 1. The summed E-state index contributed by atoms with van der Waals surface area (Å²) in [4.78, 5) is 34.8. The molecule has 106 valence electrons. The molecule has 1 atom stereocenters. The van der Waals surface area contributed by atoms with Gasteiger partial charge < -0.3 is 14.8 Å². The van der Waals surface area contributed by atoms with E-state index in [1.165, 1.54) is 0 Å². The van der Waals surface area contributed by atoms with Gasteiger partial charge in [0.15, 0.2) is 5.58 Å².